The van der Waals surface area contributed by atoms with E-state index in [0.29, 0.717) is 13.2 Å². The number of aryl methyl sites for hydroxylation is 1. The lowest BCUT2D eigenvalue weighted by molar-refractivity contribution is -0.145. The van der Waals surface area contributed by atoms with Crippen LogP contribution >= 0.6 is 0 Å². The van der Waals surface area contributed by atoms with Gasteiger partial charge in [0, 0.05) is 0 Å². The number of methoxy groups -OCH3 is 1. The van der Waals surface area contributed by atoms with Crippen LogP contribution in [0, 0.1) is 19.3 Å². The molecule has 0 saturated carbocycles. The standard InChI is InChI=1S/C15H19NO3/c1-5-9-16-14(15(17)19-6-2)12-7-8-13(18-4)11(3)10-12/h1,7-8,10,14,16H,6,9H2,2-4H3. The Morgan fingerprint density at radius 1 is 1.53 bits per heavy atom. The van der Waals surface area contributed by atoms with Gasteiger partial charge in [-0.1, -0.05) is 18.1 Å². The highest BCUT2D eigenvalue weighted by Crippen LogP contribution is 2.23. The monoisotopic (exact) mass is 261 g/mol. The van der Waals surface area contributed by atoms with Crippen LogP contribution < -0.4 is 10.1 Å². The molecule has 0 heterocycles. The third-order valence-electron chi connectivity index (χ3n) is 2.68. The quantitative estimate of drug-likeness (QED) is 0.627. The number of esters is 1. The molecule has 19 heavy (non-hydrogen) atoms. The molecular weight excluding hydrogens is 242 g/mol. The Morgan fingerprint density at radius 2 is 2.26 bits per heavy atom. The zero-order chi connectivity index (χ0) is 14.3. The first-order valence-corrected chi connectivity index (χ1v) is 6.12. The largest absolute Gasteiger partial charge is 0.496 e. The van der Waals surface area contributed by atoms with E-state index in [2.05, 4.69) is 11.2 Å². The average Bonchev–Trinajstić information content (AvgIpc) is 2.39. The minimum absolute atomic E-state index is 0.300. The van der Waals surface area contributed by atoms with Crippen LogP contribution in [0.15, 0.2) is 18.2 Å². The third-order valence-corrected chi connectivity index (χ3v) is 2.68. The SMILES string of the molecule is C#CCNC(C(=O)OCC)c1ccc(OC)c(C)c1. The van der Waals surface area contributed by atoms with Crippen LogP contribution in [0.5, 0.6) is 5.75 Å². The van der Waals surface area contributed by atoms with Gasteiger partial charge in [-0.15, -0.1) is 6.42 Å². The van der Waals surface area contributed by atoms with Crippen LogP contribution in [0.4, 0.5) is 0 Å². The van der Waals surface area contributed by atoms with Gasteiger partial charge in [0.2, 0.25) is 0 Å². The third kappa shape index (κ3) is 4.01. The molecule has 1 unspecified atom stereocenters. The molecule has 0 aliphatic heterocycles. The van der Waals surface area contributed by atoms with Crippen molar-refractivity contribution >= 4 is 5.97 Å². The molecule has 0 aliphatic carbocycles. The van der Waals surface area contributed by atoms with Crippen molar-refractivity contribution in [1.82, 2.24) is 5.32 Å². The topological polar surface area (TPSA) is 47.6 Å². The summed E-state index contributed by atoms with van der Waals surface area (Å²) in [6, 6.07) is 5.00. The molecule has 0 spiro atoms. The molecule has 0 aromatic heterocycles. The van der Waals surface area contributed by atoms with E-state index in [0.717, 1.165) is 16.9 Å². The van der Waals surface area contributed by atoms with Crippen molar-refractivity contribution in [2.45, 2.75) is 19.9 Å². The number of hydrogen-bond acceptors (Lipinski definition) is 4. The van der Waals surface area contributed by atoms with Gasteiger partial charge in [-0.2, -0.15) is 0 Å². The van der Waals surface area contributed by atoms with Gasteiger partial charge in [-0.05, 0) is 31.0 Å². The Bertz CT molecular complexity index is 477. The molecule has 4 nitrogen and oxygen atoms in total. The number of benzene rings is 1. The summed E-state index contributed by atoms with van der Waals surface area (Å²) < 4.78 is 10.3. The number of nitrogens with one attached hydrogen (secondary N) is 1. The van der Waals surface area contributed by atoms with Gasteiger partial charge in [-0.25, -0.2) is 4.79 Å². The number of rotatable bonds is 6. The van der Waals surface area contributed by atoms with Gasteiger partial charge in [0.1, 0.15) is 11.8 Å². The molecule has 4 heteroatoms. The molecule has 1 aromatic rings. The molecule has 0 aliphatic rings. The molecule has 1 aromatic carbocycles. The normalized spacial score (nSPS) is 11.5. The number of terminal acetylenes is 1. The highest BCUT2D eigenvalue weighted by molar-refractivity contribution is 5.78. The average molecular weight is 261 g/mol. The second-order valence-electron chi connectivity index (χ2n) is 4.00. The summed E-state index contributed by atoms with van der Waals surface area (Å²) in [5.74, 6) is 2.91. The van der Waals surface area contributed by atoms with Crippen molar-refractivity contribution in [3.05, 3.63) is 29.3 Å². The Morgan fingerprint density at radius 3 is 2.79 bits per heavy atom. The van der Waals surface area contributed by atoms with E-state index in [1.165, 1.54) is 0 Å². The molecule has 1 rings (SSSR count). The van der Waals surface area contributed by atoms with Crippen LogP contribution in [-0.2, 0) is 9.53 Å². The van der Waals surface area contributed by atoms with Gasteiger partial charge < -0.3 is 9.47 Å². The minimum Gasteiger partial charge on any atom is -0.496 e. The van der Waals surface area contributed by atoms with Gasteiger partial charge in [0.15, 0.2) is 0 Å². The molecular formula is C15H19NO3. The molecule has 102 valence electrons. The van der Waals surface area contributed by atoms with E-state index in [1.54, 1.807) is 14.0 Å². The van der Waals surface area contributed by atoms with Gasteiger partial charge >= 0.3 is 5.97 Å². The number of hydrogen-bond donors (Lipinski definition) is 1. The number of carbonyl (C=O) groups excluding carboxylic acids is 1. The summed E-state index contributed by atoms with van der Waals surface area (Å²) >= 11 is 0. The first-order valence-electron chi connectivity index (χ1n) is 6.12. The number of carbonyl (C=O) groups is 1. The van der Waals surface area contributed by atoms with Crippen LogP contribution in [0.2, 0.25) is 0 Å². The fraction of sp³-hybridized carbons (Fsp3) is 0.400. The van der Waals surface area contributed by atoms with Crippen molar-refractivity contribution in [1.29, 1.82) is 0 Å². The van der Waals surface area contributed by atoms with Gasteiger partial charge in [0.25, 0.3) is 0 Å². The fourth-order valence-corrected chi connectivity index (χ4v) is 1.81. The Kier molecular flexibility index (Phi) is 5.91. The molecule has 0 radical (unpaired) electrons. The van der Waals surface area contributed by atoms with Crippen molar-refractivity contribution in [3.8, 4) is 18.1 Å². The lowest BCUT2D eigenvalue weighted by atomic mass is 10.0. The van der Waals surface area contributed by atoms with Gasteiger partial charge in [-0.3, -0.25) is 5.32 Å². The fourth-order valence-electron chi connectivity index (χ4n) is 1.81. The Balaban J connectivity index is 3.00. The van der Waals surface area contributed by atoms with Crippen LogP contribution in [0.3, 0.4) is 0 Å². The first-order chi connectivity index (χ1) is 9.13. The van der Waals surface area contributed by atoms with Crippen molar-refractivity contribution in [2.24, 2.45) is 0 Å². The molecule has 0 saturated heterocycles. The zero-order valence-corrected chi connectivity index (χ0v) is 11.5. The van der Waals surface area contributed by atoms with Crippen LogP contribution in [0.25, 0.3) is 0 Å². The predicted octanol–water partition coefficient (Wildman–Crippen LogP) is 1.83. The van der Waals surface area contributed by atoms with E-state index in [1.807, 2.05) is 25.1 Å². The lowest BCUT2D eigenvalue weighted by Crippen LogP contribution is -2.30. The summed E-state index contributed by atoms with van der Waals surface area (Å²) in [6.45, 7) is 4.33. The summed E-state index contributed by atoms with van der Waals surface area (Å²) in [5.41, 5.74) is 1.77. The summed E-state index contributed by atoms with van der Waals surface area (Å²) in [6.07, 6.45) is 5.22. The second-order valence-corrected chi connectivity index (χ2v) is 4.00. The molecule has 0 amide bonds. The van der Waals surface area contributed by atoms with Crippen LogP contribution in [0.1, 0.15) is 24.1 Å². The van der Waals surface area contributed by atoms with E-state index >= 15 is 0 Å². The maximum Gasteiger partial charge on any atom is 0.327 e. The Hall–Kier alpha value is -1.99. The second kappa shape index (κ2) is 7.45. The van der Waals surface area contributed by atoms with E-state index in [9.17, 15) is 4.79 Å². The minimum atomic E-state index is -0.555. The lowest BCUT2D eigenvalue weighted by Gasteiger charge is -2.17. The van der Waals surface area contributed by atoms with E-state index in [-0.39, 0.29) is 5.97 Å². The van der Waals surface area contributed by atoms with Crippen molar-refractivity contribution in [2.75, 3.05) is 20.3 Å². The van der Waals surface area contributed by atoms with Crippen molar-refractivity contribution in [3.63, 3.8) is 0 Å². The predicted molar refractivity (Wildman–Crippen MR) is 73.9 cm³/mol. The molecule has 0 bridgehead atoms. The maximum atomic E-state index is 11.9. The van der Waals surface area contributed by atoms with Crippen LogP contribution in [-0.4, -0.2) is 26.2 Å². The zero-order valence-electron chi connectivity index (χ0n) is 11.5. The smallest absolute Gasteiger partial charge is 0.327 e. The highest BCUT2D eigenvalue weighted by atomic mass is 16.5. The number of ether oxygens (including phenoxy) is 2. The molecule has 1 atom stereocenters. The van der Waals surface area contributed by atoms with E-state index < -0.39 is 6.04 Å². The maximum absolute atomic E-state index is 11.9. The molecule has 0 fully saturated rings. The van der Waals surface area contributed by atoms with Gasteiger partial charge in [0.05, 0.1) is 20.3 Å². The first kappa shape index (κ1) is 15.1. The van der Waals surface area contributed by atoms with E-state index in [4.69, 9.17) is 15.9 Å². The molecule has 1 N–H and O–H groups in total. The summed E-state index contributed by atoms with van der Waals surface area (Å²) in [4.78, 5) is 11.9. The summed E-state index contributed by atoms with van der Waals surface area (Å²) in [5, 5.41) is 2.98. The van der Waals surface area contributed by atoms with Crippen molar-refractivity contribution < 1.29 is 14.3 Å². The Labute approximate surface area is 114 Å². The highest BCUT2D eigenvalue weighted by Gasteiger charge is 2.21. The summed E-state index contributed by atoms with van der Waals surface area (Å²) in [7, 11) is 1.61.